The highest BCUT2D eigenvalue weighted by Gasteiger charge is 2.48. The van der Waals surface area contributed by atoms with Crippen molar-refractivity contribution in [3.8, 4) is 5.75 Å². The molecule has 0 unspecified atom stereocenters. The van der Waals surface area contributed by atoms with E-state index in [2.05, 4.69) is 9.97 Å². The number of halogens is 1. The highest BCUT2D eigenvalue weighted by molar-refractivity contribution is 7.14. The molecule has 1 N–H and O–H groups in total. The molecule has 7 nitrogen and oxygen atoms in total. The van der Waals surface area contributed by atoms with Gasteiger partial charge in [0.25, 0.3) is 5.78 Å². The second-order valence-electron chi connectivity index (χ2n) is 6.12. The summed E-state index contributed by atoms with van der Waals surface area (Å²) in [7, 11) is 1.32. The minimum atomic E-state index is -0.944. The van der Waals surface area contributed by atoms with Gasteiger partial charge >= 0.3 is 5.91 Å². The zero-order valence-electron chi connectivity index (χ0n) is 15.1. The minimum Gasteiger partial charge on any atom is -0.507 e. The van der Waals surface area contributed by atoms with Gasteiger partial charge in [0.05, 0.1) is 18.7 Å². The van der Waals surface area contributed by atoms with Gasteiger partial charge in [-0.2, -0.15) is 0 Å². The number of aliphatic hydroxyl groups is 1. The third-order valence-corrected chi connectivity index (χ3v) is 5.27. The summed E-state index contributed by atoms with van der Waals surface area (Å²) in [5, 5.41) is 12.9. The average Bonchev–Trinajstić information content (AvgIpc) is 3.35. The molecule has 1 amide bonds. The van der Waals surface area contributed by atoms with E-state index < -0.39 is 29.3 Å². The minimum absolute atomic E-state index is 0.00593. The van der Waals surface area contributed by atoms with Crippen LogP contribution in [0.1, 0.15) is 17.2 Å². The third-order valence-electron chi connectivity index (χ3n) is 4.50. The number of ether oxygens (including phenoxy) is 1. The molecular weight excluding hydrogens is 397 g/mol. The standard InChI is InChI=1S/C20H14FN3O4S/c1-28-14-5-4-11(9-13(14)21)17(25)15-16(12-3-2-6-22-10-12)24(19(27)18(15)26)20-23-7-8-29-20/h2-10,16,25H,1H3/t16-/m0/s1. The van der Waals surface area contributed by atoms with Crippen molar-refractivity contribution in [3.63, 3.8) is 0 Å². The van der Waals surface area contributed by atoms with Gasteiger partial charge in [-0.1, -0.05) is 6.07 Å². The number of amides is 1. The Morgan fingerprint density at radius 1 is 1.28 bits per heavy atom. The van der Waals surface area contributed by atoms with Crippen LogP contribution in [0.3, 0.4) is 0 Å². The van der Waals surface area contributed by atoms with Gasteiger partial charge in [0, 0.05) is 29.5 Å². The van der Waals surface area contributed by atoms with Crippen molar-refractivity contribution in [2.45, 2.75) is 6.04 Å². The molecule has 0 aliphatic carbocycles. The number of carbonyl (C=O) groups excluding carboxylic acids is 2. The summed E-state index contributed by atoms with van der Waals surface area (Å²) in [6.07, 6.45) is 4.56. The average molecular weight is 411 g/mol. The first-order valence-corrected chi connectivity index (χ1v) is 9.35. The van der Waals surface area contributed by atoms with Crippen LogP contribution in [-0.4, -0.2) is 33.9 Å². The number of nitrogens with zero attached hydrogens (tertiary/aromatic N) is 3. The Balaban J connectivity index is 1.92. The van der Waals surface area contributed by atoms with Crippen molar-refractivity contribution in [1.29, 1.82) is 0 Å². The number of hydrogen-bond acceptors (Lipinski definition) is 7. The van der Waals surface area contributed by atoms with E-state index in [1.54, 1.807) is 23.7 Å². The van der Waals surface area contributed by atoms with Gasteiger partial charge < -0.3 is 9.84 Å². The van der Waals surface area contributed by atoms with Crippen LogP contribution in [0.2, 0.25) is 0 Å². The zero-order chi connectivity index (χ0) is 20.5. The second-order valence-corrected chi connectivity index (χ2v) is 6.99. The summed E-state index contributed by atoms with van der Waals surface area (Å²) in [5.74, 6) is -2.91. The Morgan fingerprint density at radius 3 is 2.72 bits per heavy atom. The van der Waals surface area contributed by atoms with Gasteiger partial charge in [-0.05, 0) is 29.8 Å². The number of thiazole rings is 1. The van der Waals surface area contributed by atoms with Crippen LogP contribution in [0.25, 0.3) is 5.76 Å². The maximum atomic E-state index is 14.2. The number of pyridine rings is 1. The largest absolute Gasteiger partial charge is 0.507 e. The molecule has 9 heteroatoms. The molecule has 146 valence electrons. The topological polar surface area (TPSA) is 92.6 Å². The van der Waals surface area contributed by atoms with Gasteiger partial charge in [-0.25, -0.2) is 9.37 Å². The van der Waals surface area contributed by atoms with Crippen LogP contribution in [0.5, 0.6) is 5.75 Å². The molecule has 3 aromatic rings. The van der Waals surface area contributed by atoms with E-state index in [4.69, 9.17) is 4.74 Å². The Labute approximate surface area is 168 Å². The molecule has 0 radical (unpaired) electrons. The molecule has 2 aromatic heterocycles. The molecule has 1 saturated heterocycles. The van der Waals surface area contributed by atoms with Crippen LogP contribution in [0.4, 0.5) is 9.52 Å². The first-order chi connectivity index (χ1) is 14.0. The fraction of sp³-hybridized carbons (Fsp3) is 0.100. The van der Waals surface area contributed by atoms with Gasteiger partial charge in [-0.3, -0.25) is 19.5 Å². The third kappa shape index (κ3) is 3.15. The van der Waals surface area contributed by atoms with Crippen LogP contribution in [0.15, 0.2) is 59.9 Å². The number of aromatic nitrogens is 2. The van der Waals surface area contributed by atoms with Crippen LogP contribution in [0, 0.1) is 5.82 Å². The molecule has 0 bridgehead atoms. The number of hydrogen-bond donors (Lipinski definition) is 1. The van der Waals surface area contributed by atoms with E-state index in [1.807, 2.05) is 0 Å². The van der Waals surface area contributed by atoms with Crippen molar-refractivity contribution >= 4 is 33.9 Å². The summed E-state index contributed by atoms with van der Waals surface area (Å²) < 4.78 is 19.0. The first-order valence-electron chi connectivity index (χ1n) is 8.47. The van der Waals surface area contributed by atoms with Crippen LogP contribution < -0.4 is 9.64 Å². The molecule has 1 atom stereocenters. The van der Waals surface area contributed by atoms with Crippen LogP contribution >= 0.6 is 11.3 Å². The maximum absolute atomic E-state index is 14.2. The normalized spacial score (nSPS) is 18.3. The number of rotatable bonds is 4. The number of benzene rings is 1. The van der Waals surface area contributed by atoms with Crippen molar-refractivity contribution in [2.75, 3.05) is 12.0 Å². The smallest absolute Gasteiger partial charge is 0.301 e. The lowest BCUT2D eigenvalue weighted by Crippen LogP contribution is -2.29. The highest BCUT2D eigenvalue weighted by Crippen LogP contribution is 2.42. The number of carbonyl (C=O) groups is 2. The summed E-state index contributed by atoms with van der Waals surface area (Å²) in [5.41, 5.74) is 0.398. The lowest BCUT2D eigenvalue weighted by atomic mass is 9.96. The predicted octanol–water partition coefficient (Wildman–Crippen LogP) is 3.31. The number of anilines is 1. The van der Waals surface area contributed by atoms with Gasteiger partial charge in [0.2, 0.25) is 0 Å². The van der Waals surface area contributed by atoms with E-state index in [0.29, 0.717) is 10.7 Å². The Hall–Kier alpha value is -3.59. The fourth-order valence-electron chi connectivity index (χ4n) is 3.19. The SMILES string of the molecule is COc1ccc(C(O)=C2C(=O)C(=O)N(c3nccs3)[C@H]2c2cccnc2)cc1F. The summed E-state index contributed by atoms with van der Waals surface area (Å²) in [6, 6.07) is 6.19. The van der Waals surface area contributed by atoms with Gasteiger partial charge in [-0.15, -0.1) is 11.3 Å². The van der Waals surface area contributed by atoms with E-state index in [1.165, 1.54) is 47.9 Å². The van der Waals surface area contributed by atoms with Gasteiger partial charge in [0.15, 0.2) is 16.7 Å². The monoisotopic (exact) mass is 411 g/mol. The molecule has 1 aliphatic heterocycles. The number of Topliss-reactive ketones (excluding diaryl/α,β-unsaturated/α-hetero) is 1. The molecule has 4 rings (SSSR count). The van der Waals surface area contributed by atoms with E-state index in [-0.39, 0.29) is 16.9 Å². The van der Waals surface area contributed by atoms with Crippen molar-refractivity contribution in [2.24, 2.45) is 0 Å². The molecule has 0 spiro atoms. The van der Waals surface area contributed by atoms with Crippen molar-refractivity contribution in [1.82, 2.24) is 9.97 Å². The highest BCUT2D eigenvalue weighted by atomic mass is 32.1. The molecule has 1 aromatic carbocycles. The summed E-state index contributed by atoms with van der Waals surface area (Å²) >= 11 is 1.18. The second kappa shape index (κ2) is 7.44. The quantitative estimate of drug-likeness (QED) is 0.402. The van der Waals surface area contributed by atoms with Crippen LogP contribution in [-0.2, 0) is 9.59 Å². The number of aliphatic hydroxyl groups excluding tert-OH is 1. The van der Waals surface area contributed by atoms with Crippen molar-refractivity contribution < 1.29 is 23.8 Å². The molecule has 1 fully saturated rings. The lowest BCUT2D eigenvalue weighted by Gasteiger charge is -2.22. The molecule has 29 heavy (non-hydrogen) atoms. The van der Waals surface area contributed by atoms with E-state index in [9.17, 15) is 19.1 Å². The summed E-state index contributed by atoms with van der Waals surface area (Å²) in [4.78, 5) is 35.0. The molecule has 3 heterocycles. The first kappa shape index (κ1) is 18.8. The maximum Gasteiger partial charge on any atom is 0.301 e. The number of ketones is 1. The Bertz CT molecular complexity index is 1120. The van der Waals surface area contributed by atoms with E-state index in [0.717, 1.165) is 6.07 Å². The van der Waals surface area contributed by atoms with Gasteiger partial charge in [0.1, 0.15) is 5.76 Å². The Morgan fingerprint density at radius 2 is 2.10 bits per heavy atom. The fourth-order valence-corrected chi connectivity index (χ4v) is 3.85. The summed E-state index contributed by atoms with van der Waals surface area (Å²) in [6.45, 7) is 0. The Kier molecular flexibility index (Phi) is 4.81. The lowest BCUT2D eigenvalue weighted by molar-refractivity contribution is -0.132. The van der Waals surface area contributed by atoms with E-state index >= 15 is 0 Å². The zero-order valence-corrected chi connectivity index (χ0v) is 15.9. The molecule has 1 aliphatic rings. The predicted molar refractivity (Wildman–Crippen MR) is 104 cm³/mol. The number of methoxy groups -OCH3 is 1. The van der Waals surface area contributed by atoms with Crippen molar-refractivity contribution in [3.05, 3.63) is 76.8 Å². The molecular formula is C20H14FN3O4S. The molecule has 0 saturated carbocycles.